The first kappa shape index (κ1) is 20.1. The molecule has 0 unspecified atom stereocenters. The minimum absolute atomic E-state index is 0.0453. The smallest absolute Gasteiger partial charge is 0.255 e. The van der Waals surface area contributed by atoms with Gasteiger partial charge in [-0.25, -0.2) is 0 Å². The number of hydrogen-bond acceptors (Lipinski definition) is 2. The fourth-order valence-corrected chi connectivity index (χ4v) is 3.83. The molecule has 148 valence electrons. The molecule has 0 spiro atoms. The fraction of sp³-hybridized carbons (Fsp3) is 0.417. The molecule has 1 aliphatic heterocycles. The summed E-state index contributed by atoms with van der Waals surface area (Å²) in [5, 5.41) is 3.09. The van der Waals surface area contributed by atoms with Crippen LogP contribution in [0.2, 0.25) is 0 Å². The lowest BCUT2D eigenvalue weighted by molar-refractivity contribution is -0.132. The summed E-state index contributed by atoms with van der Waals surface area (Å²) in [7, 11) is 0. The van der Waals surface area contributed by atoms with E-state index in [0.717, 1.165) is 28.7 Å². The molecule has 4 nitrogen and oxygen atoms in total. The van der Waals surface area contributed by atoms with Gasteiger partial charge in [0.15, 0.2) is 0 Å². The van der Waals surface area contributed by atoms with Gasteiger partial charge in [0.05, 0.1) is 0 Å². The molecular formula is C24H30N2O2. The predicted octanol–water partition coefficient (Wildman–Crippen LogP) is 4.11. The van der Waals surface area contributed by atoms with Gasteiger partial charge in [0.2, 0.25) is 5.91 Å². The average Bonchev–Trinajstić information content (AvgIpc) is 2.66. The molecule has 0 saturated heterocycles. The highest BCUT2D eigenvalue weighted by atomic mass is 16.2. The summed E-state index contributed by atoms with van der Waals surface area (Å²) < 4.78 is 0. The van der Waals surface area contributed by atoms with Gasteiger partial charge in [-0.3, -0.25) is 9.59 Å². The summed E-state index contributed by atoms with van der Waals surface area (Å²) in [6.45, 7) is 9.26. The Balaban J connectivity index is 1.86. The first-order valence-corrected chi connectivity index (χ1v) is 10.1. The second-order valence-electron chi connectivity index (χ2n) is 8.36. The maximum atomic E-state index is 13.3. The maximum Gasteiger partial charge on any atom is 0.255 e. The van der Waals surface area contributed by atoms with E-state index in [2.05, 4.69) is 19.2 Å². The minimum atomic E-state index is -0.886. The van der Waals surface area contributed by atoms with Crippen molar-refractivity contribution in [3.8, 4) is 0 Å². The van der Waals surface area contributed by atoms with Crippen LogP contribution in [0.15, 0.2) is 48.5 Å². The summed E-state index contributed by atoms with van der Waals surface area (Å²) in [4.78, 5) is 28.3. The van der Waals surface area contributed by atoms with Crippen LogP contribution < -0.4 is 5.32 Å². The van der Waals surface area contributed by atoms with Crippen molar-refractivity contribution in [2.24, 2.45) is 5.92 Å². The lowest BCUT2D eigenvalue weighted by atomic mass is 9.82. The Morgan fingerprint density at radius 3 is 2.54 bits per heavy atom. The zero-order chi connectivity index (χ0) is 20.3. The quantitative estimate of drug-likeness (QED) is 0.822. The molecule has 1 aliphatic rings. The molecule has 1 heterocycles. The highest BCUT2D eigenvalue weighted by Crippen LogP contribution is 2.32. The molecule has 0 bridgehead atoms. The van der Waals surface area contributed by atoms with Crippen molar-refractivity contribution < 1.29 is 9.59 Å². The van der Waals surface area contributed by atoms with Crippen molar-refractivity contribution in [3.63, 3.8) is 0 Å². The van der Waals surface area contributed by atoms with Crippen LogP contribution in [0, 0.1) is 12.8 Å². The monoisotopic (exact) mass is 378 g/mol. The SMILES string of the molecule is Cc1ccccc1CNC(=O)[C@]1(C)Cc2ccccc2C(=O)N1CCC(C)C. The van der Waals surface area contributed by atoms with Crippen LogP contribution in [0.3, 0.4) is 0 Å². The Bertz CT molecular complexity index is 874. The van der Waals surface area contributed by atoms with Gasteiger partial charge < -0.3 is 10.2 Å². The summed E-state index contributed by atoms with van der Waals surface area (Å²) >= 11 is 0. The molecule has 3 rings (SSSR count). The van der Waals surface area contributed by atoms with Crippen molar-refractivity contribution >= 4 is 11.8 Å². The summed E-state index contributed by atoms with van der Waals surface area (Å²) in [5.74, 6) is 0.322. The molecular weight excluding hydrogens is 348 g/mol. The fourth-order valence-electron chi connectivity index (χ4n) is 3.83. The van der Waals surface area contributed by atoms with Gasteiger partial charge in [0.1, 0.15) is 5.54 Å². The molecule has 0 aliphatic carbocycles. The van der Waals surface area contributed by atoms with Gasteiger partial charge in [-0.05, 0) is 48.9 Å². The highest BCUT2D eigenvalue weighted by molar-refractivity contribution is 6.02. The van der Waals surface area contributed by atoms with Gasteiger partial charge in [-0.2, -0.15) is 0 Å². The van der Waals surface area contributed by atoms with Crippen molar-refractivity contribution in [2.45, 2.75) is 52.6 Å². The molecule has 2 amide bonds. The number of aryl methyl sites for hydroxylation is 1. The summed E-state index contributed by atoms with van der Waals surface area (Å²) in [5.41, 5.74) is 3.02. The van der Waals surface area contributed by atoms with E-state index in [4.69, 9.17) is 0 Å². The second-order valence-corrected chi connectivity index (χ2v) is 8.36. The van der Waals surface area contributed by atoms with Crippen LogP contribution in [0.5, 0.6) is 0 Å². The molecule has 28 heavy (non-hydrogen) atoms. The van der Waals surface area contributed by atoms with Crippen LogP contribution >= 0.6 is 0 Å². The molecule has 0 saturated carbocycles. The number of nitrogens with one attached hydrogen (secondary N) is 1. The zero-order valence-corrected chi connectivity index (χ0v) is 17.3. The first-order valence-electron chi connectivity index (χ1n) is 10.1. The van der Waals surface area contributed by atoms with Crippen LogP contribution in [-0.2, 0) is 17.8 Å². The van der Waals surface area contributed by atoms with E-state index in [-0.39, 0.29) is 11.8 Å². The van der Waals surface area contributed by atoms with Gasteiger partial charge in [0.25, 0.3) is 5.91 Å². The number of nitrogens with zero attached hydrogens (tertiary/aromatic N) is 1. The van der Waals surface area contributed by atoms with Crippen LogP contribution in [-0.4, -0.2) is 28.8 Å². The standard InChI is InChI=1S/C24H30N2O2/c1-17(2)13-14-26-22(27)21-12-8-7-10-19(21)15-24(26,4)23(28)25-16-20-11-6-5-9-18(20)3/h5-12,17H,13-16H2,1-4H3,(H,25,28)/t24-/m0/s1. The molecule has 1 N–H and O–H groups in total. The average molecular weight is 379 g/mol. The van der Waals surface area contributed by atoms with Crippen LogP contribution in [0.25, 0.3) is 0 Å². The Morgan fingerprint density at radius 2 is 1.82 bits per heavy atom. The number of carbonyl (C=O) groups excluding carboxylic acids is 2. The number of hydrogen-bond donors (Lipinski definition) is 1. The molecule has 0 radical (unpaired) electrons. The molecule has 0 aromatic heterocycles. The third-order valence-corrected chi connectivity index (χ3v) is 5.74. The van der Waals surface area contributed by atoms with Crippen molar-refractivity contribution in [1.29, 1.82) is 0 Å². The number of fused-ring (bicyclic) bond motifs is 1. The molecule has 4 heteroatoms. The lowest BCUT2D eigenvalue weighted by Crippen LogP contribution is -2.62. The Hall–Kier alpha value is -2.62. The maximum absolute atomic E-state index is 13.3. The van der Waals surface area contributed by atoms with Crippen LogP contribution in [0.1, 0.15) is 54.2 Å². The third kappa shape index (κ3) is 3.96. The number of amides is 2. The largest absolute Gasteiger partial charge is 0.350 e. The molecule has 1 atom stereocenters. The number of carbonyl (C=O) groups is 2. The second kappa shape index (κ2) is 8.17. The third-order valence-electron chi connectivity index (χ3n) is 5.74. The number of benzene rings is 2. The normalized spacial score (nSPS) is 18.9. The minimum Gasteiger partial charge on any atom is -0.350 e. The van der Waals surface area contributed by atoms with Gasteiger partial charge >= 0.3 is 0 Å². The van der Waals surface area contributed by atoms with Crippen LogP contribution in [0.4, 0.5) is 0 Å². The predicted molar refractivity (Wildman–Crippen MR) is 112 cm³/mol. The van der Waals surface area contributed by atoms with Crippen molar-refractivity contribution in [2.75, 3.05) is 6.54 Å². The molecule has 0 fully saturated rings. The van der Waals surface area contributed by atoms with Crippen molar-refractivity contribution in [1.82, 2.24) is 10.2 Å². The number of rotatable bonds is 6. The first-order chi connectivity index (χ1) is 13.3. The summed E-state index contributed by atoms with van der Waals surface area (Å²) in [6.07, 6.45) is 1.40. The van der Waals surface area contributed by atoms with E-state index in [1.807, 2.05) is 62.4 Å². The molecule has 2 aromatic carbocycles. The van der Waals surface area contributed by atoms with E-state index < -0.39 is 5.54 Å². The highest BCUT2D eigenvalue weighted by Gasteiger charge is 2.46. The zero-order valence-electron chi connectivity index (χ0n) is 17.3. The topological polar surface area (TPSA) is 49.4 Å². The lowest BCUT2D eigenvalue weighted by Gasteiger charge is -2.44. The van der Waals surface area contributed by atoms with E-state index >= 15 is 0 Å². The van der Waals surface area contributed by atoms with E-state index in [0.29, 0.717) is 25.4 Å². The molecule has 2 aromatic rings. The van der Waals surface area contributed by atoms with E-state index in [9.17, 15) is 9.59 Å². The Labute approximate surface area is 167 Å². The Morgan fingerprint density at radius 1 is 1.14 bits per heavy atom. The van der Waals surface area contributed by atoms with Gasteiger partial charge in [-0.15, -0.1) is 0 Å². The van der Waals surface area contributed by atoms with Crippen molar-refractivity contribution in [3.05, 3.63) is 70.8 Å². The van der Waals surface area contributed by atoms with E-state index in [1.165, 1.54) is 0 Å². The Kier molecular flexibility index (Phi) is 5.87. The van der Waals surface area contributed by atoms with E-state index in [1.54, 1.807) is 4.90 Å². The summed E-state index contributed by atoms with van der Waals surface area (Å²) in [6, 6.07) is 15.7. The van der Waals surface area contributed by atoms with Gasteiger partial charge in [-0.1, -0.05) is 56.3 Å². The van der Waals surface area contributed by atoms with Gasteiger partial charge in [0, 0.05) is 25.1 Å².